The summed E-state index contributed by atoms with van der Waals surface area (Å²) in [6.07, 6.45) is -2.80. The van der Waals surface area contributed by atoms with Gasteiger partial charge in [-0.1, -0.05) is 6.07 Å². The number of nitrogens with zero attached hydrogens (tertiary/aromatic N) is 3. The Morgan fingerprint density at radius 1 is 1.23 bits per heavy atom. The summed E-state index contributed by atoms with van der Waals surface area (Å²) < 4.78 is 59.8. The minimum atomic E-state index is -4.73. The van der Waals surface area contributed by atoms with Crippen molar-refractivity contribution in [3.8, 4) is 0 Å². The van der Waals surface area contributed by atoms with Crippen LogP contribution in [0.15, 0.2) is 24.4 Å². The van der Waals surface area contributed by atoms with E-state index in [1.54, 1.807) is 31.9 Å². The van der Waals surface area contributed by atoms with Crippen LogP contribution in [0.4, 0.5) is 22.4 Å². The zero-order chi connectivity index (χ0) is 22.3. The maximum atomic E-state index is 13.9. The third-order valence-corrected chi connectivity index (χ3v) is 5.04. The molecule has 5 nitrogen and oxygen atoms in total. The molecule has 1 aliphatic heterocycles. The van der Waals surface area contributed by atoms with Crippen molar-refractivity contribution in [3.63, 3.8) is 0 Å². The molecule has 1 aromatic heterocycles. The zero-order valence-corrected chi connectivity index (χ0v) is 17.4. The van der Waals surface area contributed by atoms with E-state index in [1.165, 1.54) is 6.07 Å². The molecular weight excluding hydrogens is 402 g/mol. The molecule has 1 aromatic carbocycles. The smallest absolute Gasteiger partial charge is 0.419 e. The lowest BCUT2D eigenvalue weighted by Crippen LogP contribution is -2.44. The predicted molar refractivity (Wildman–Crippen MR) is 102 cm³/mol. The molecule has 1 unspecified atom stereocenters. The van der Waals surface area contributed by atoms with E-state index >= 15 is 0 Å². The van der Waals surface area contributed by atoms with Gasteiger partial charge in [0.25, 0.3) is 0 Å². The van der Waals surface area contributed by atoms with Gasteiger partial charge in [-0.25, -0.2) is 14.2 Å². The molecule has 0 aliphatic carbocycles. The van der Waals surface area contributed by atoms with Gasteiger partial charge < -0.3 is 9.30 Å². The van der Waals surface area contributed by atoms with Crippen molar-refractivity contribution < 1.29 is 27.1 Å². The summed E-state index contributed by atoms with van der Waals surface area (Å²) in [5, 5.41) is 0. The minimum absolute atomic E-state index is 0.295. The van der Waals surface area contributed by atoms with Crippen molar-refractivity contribution in [1.29, 1.82) is 0 Å². The summed E-state index contributed by atoms with van der Waals surface area (Å²) in [6, 6.07) is 2.56. The average molecular weight is 427 g/mol. The van der Waals surface area contributed by atoms with Crippen LogP contribution in [-0.4, -0.2) is 32.7 Å². The third-order valence-electron chi connectivity index (χ3n) is 5.04. The van der Waals surface area contributed by atoms with Crippen molar-refractivity contribution in [2.24, 2.45) is 0 Å². The van der Waals surface area contributed by atoms with Gasteiger partial charge in [0.1, 0.15) is 17.2 Å². The van der Waals surface area contributed by atoms with E-state index in [4.69, 9.17) is 4.74 Å². The monoisotopic (exact) mass is 427 g/mol. The van der Waals surface area contributed by atoms with Crippen LogP contribution in [0.2, 0.25) is 0 Å². The molecule has 30 heavy (non-hydrogen) atoms. The van der Waals surface area contributed by atoms with Gasteiger partial charge in [-0.2, -0.15) is 13.2 Å². The number of hydrogen-bond acceptors (Lipinski definition) is 3. The minimum Gasteiger partial charge on any atom is -0.444 e. The first-order chi connectivity index (χ1) is 13.9. The lowest BCUT2D eigenvalue weighted by Gasteiger charge is -2.37. The number of carbonyl (C=O) groups excluding carboxylic acids is 1. The molecule has 2 heterocycles. The highest BCUT2D eigenvalue weighted by Gasteiger charge is 2.36. The third kappa shape index (κ3) is 4.76. The summed E-state index contributed by atoms with van der Waals surface area (Å²) >= 11 is 0. The zero-order valence-electron chi connectivity index (χ0n) is 17.4. The molecule has 3 rings (SSSR count). The number of aryl methyl sites for hydroxylation is 2. The van der Waals surface area contributed by atoms with Crippen molar-refractivity contribution in [2.75, 3.05) is 6.54 Å². The molecule has 0 spiro atoms. The Labute approximate surface area is 172 Å². The molecular formula is C21H25F4N3O2. The Kier molecular flexibility index (Phi) is 5.84. The molecule has 0 fully saturated rings. The van der Waals surface area contributed by atoms with Gasteiger partial charge in [-0.05, 0) is 58.2 Å². The highest BCUT2D eigenvalue weighted by molar-refractivity contribution is 5.69. The van der Waals surface area contributed by atoms with Gasteiger partial charge in [-0.3, -0.25) is 4.90 Å². The summed E-state index contributed by atoms with van der Waals surface area (Å²) in [5.74, 6) is -0.479. The van der Waals surface area contributed by atoms with Crippen molar-refractivity contribution in [2.45, 2.75) is 64.9 Å². The van der Waals surface area contributed by atoms with Crippen LogP contribution < -0.4 is 0 Å². The van der Waals surface area contributed by atoms with E-state index in [9.17, 15) is 22.4 Å². The highest BCUT2D eigenvalue weighted by atomic mass is 19.4. The second-order valence-corrected chi connectivity index (χ2v) is 8.42. The topological polar surface area (TPSA) is 47.4 Å². The highest BCUT2D eigenvalue weighted by Crippen LogP contribution is 2.34. The Hall–Kier alpha value is -2.58. The summed E-state index contributed by atoms with van der Waals surface area (Å²) in [4.78, 5) is 18.7. The quantitative estimate of drug-likeness (QED) is 0.627. The lowest BCUT2D eigenvalue weighted by molar-refractivity contribution is -0.140. The number of rotatable bonds is 3. The van der Waals surface area contributed by atoms with Gasteiger partial charge in [0.15, 0.2) is 0 Å². The molecule has 164 valence electrons. The Morgan fingerprint density at radius 2 is 1.93 bits per heavy atom. The van der Waals surface area contributed by atoms with Crippen LogP contribution in [0.25, 0.3) is 0 Å². The fraction of sp³-hybridized carbons (Fsp3) is 0.524. The summed E-state index contributed by atoms with van der Waals surface area (Å²) in [6.45, 7) is 8.21. The largest absolute Gasteiger partial charge is 0.444 e. The maximum Gasteiger partial charge on any atom is 0.419 e. The molecule has 9 heteroatoms. The normalized spacial score (nSPS) is 17.1. The fourth-order valence-electron chi connectivity index (χ4n) is 3.66. The summed E-state index contributed by atoms with van der Waals surface area (Å²) in [7, 11) is 0. The molecule has 0 saturated carbocycles. The van der Waals surface area contributed by atoms with Crippen LogP contribution in [0.1, 0.15) is 55.9 Å². The fourth-order valence-corrected chi connectivity index (χ4v) is 3.66. The number of imidazole rings is 1. The lowest BCUT2D eigenvalue weighted by atomic mass is 9.99. The van der Waals surface area contributed by atoms with E-state index in [-0.39, 0.29) is 6.04 Å². The molecule has 0 bridgehead atoms. The number of amides is 1. The number of carbonyl (C=O) groups is 1. The summed E-state index contributed by atoms with van der Waals surface area (Å²) in [5.41, 5.74) is -0.686. The predicted octanol–water partition coefficient (Wildman–Crippen LogP) is 5.27. The first-order valence-corrected chi connectivity index (χ1v) is 9.74. The van der Waals surface area contributed by atoms with Crippen LogP contribution in [0.3, 0.4) is 0 Å². The molecule has 1 aliphatic rings. The number of ether oxygens (including phenoxy) is 1. The number of benzene rings is 1. The van der Waals surface area contributed by atoms with E-state index in [2.05, 4.69) is 4.98 Å². The average Bonchev–Trinajstić information content (AvgIpc) is 2.98. The molecule has 0 N–H and O–H groups in total. The van der Waals surface area contributed by atoms with Gasteiger partial charge in [0.05, 0.1) is 23.5 Å². The second kappa shape index (κ2) is 7.92. The van der Waals surface area contributed by atoms with Crippen LogP contribution in [0.5, 0.6) is 0 Å². The molecule has 1 amide bonds. The Morgan fingerprint density at radius 3 is 2.53 bits per heavy atom. The van der Waals surface area contributed by atoms with Crippen molar-refractivity contribution >= 4 is 6.09 Å². The van der Waals surface area contributed by atoms with E-state index in [1.807, 2.05) is 11.5 Å². The van der Waals surface area contributed by atoms with Gasteiger partial charge in [-0.15, -0.1) is 0 Å². The van der Waals surface area contributed by atoms with Gasteiger partial charge >= 0.3 is 12.3 Å². The van der Waals surface area contributed by atoms with Gasteiger partial charge in [0, 0.05) is 13.1 Å². The SMILES string of the molecule is Cc1ncc2n1CCN(C(=O)OC(C)(C)C)C2CCc1ccc(C(F)(F)F)c(F)c1. The Bertz CT molecular complexity index is 931. The number of alkyl halides is 3. The second-order valence-electron chi connectivity index (χ2n) is 8.42. The molecule has 2 aromatic rings. The first kappa shape index (κ1) is 22.1. The number of fused-ring (bicyclic) bond motifs is 1. The first-order valence-electron chi connectivity index (χ1n) is 9.74. The van der Waals surface area contributed by atoms with Gasteiger partial charge in [0.2, 0.25) is 0 Å². The van der Waals surface area contributed by atoms with Crippen LogP contribution >= 0.6 is 0 Å². The Balaban J connectivity index is 1.83. The molecule has 0 radical (unpaired) electrons. The standard InChI is InChI=1S/C21H25F4N3O2/c1-13-26-12-18-17(28(10-9-27(13)18)19(29)30-20(2,3)4)8-6-14-5-7-15(16(22)11-14)21(23,24)25/h5,7,11-12,17H,6,8-10H2,1-4H3. The van der Waals surface area contributed by atoms with Crippen LogP contribution in [0, 0.1) is 12.7 Å². The number of aromatic nitrogens is 2. The van der Waals surface area contributed by atoms with Crippen molar-refractivity contribution in [1.82, 2.24) is 14.5 Å². The molecule has 0 saturated heterocycles. The maximum absolute atomic E-state index is 13.9. The van der Waals surface area contributed by atoms with E-state index in [0.717, 1.165) is 23.7 Å². The van der Waals surface area contributed by atoms with Crippen molar-refractivity contribution in [3.05, 3.63) is 52.9 Å². The number of halogens is 4. The van der Waals surface area contributed by atoms with E-state index < -0.39 is 29.3 Å². The molecule has 1 atom stereocenters. The van der Waals surface area contributed by atoms with E-state index in [0.29, 0.717) is 31.5 Å². The number of hydrogen-bond donors (Lipinski definition) is 0. The van der Waals surface area contributed by atoms with Crippen LogP contribution in [-0.2, 0) is 23.9 Å².